The molecule has 0 aromatic carbocycles. The first-order valence-electron chi connectivity index (χ1n) is 6.60. The van der Waals surface area contributed by atoms with E-state index in [0.29, 0.717) is 0 Å². The Hall–Kier alpha value is -0.0400. The number of hydrogen-bond donors (Lipinski definition) is 1. The van der Waals surface area contributed by atoms with E-state index in [1.165, 1.54) is 57.8 Å². The Morgan fingerprint density at radius 3 is 2.21 bits per heavy atom. The normalized spacial score (nSPS) is 35.8. The summed E-state index contributed by atoms with van der Waals surface area (Å²) in [5.41, 5.74) is 0. The van der Waals surface area contributed by atoms with Crippen molar-refractivity contribution in [3.05, 3.63) is 0 Å². The van der Waals surface area contributed by atoms with E-state index in [4.69, 9.17) is 0 Å². The first kappa shape index (κ1) is 10.5. The summed E-state index contributed by atoms with van der Waals surface area (Å²) in [7, 11) is 0. The maximum atomic E-state index is 3.89. The lowest BCUT2D eigenvalue weighted by Crippen LogP contribution is -2.41. The predicted octanol–water partition coefficient (Wildman–Crippen LogP) is 3.49. The minimum Gasteiger partial charge on any atom is -0.311 e. The van der Waals surface area contributed by atoms with Crippen LogP contribution in [0.1, 0.15) is 64.7 Å². The van der Waals surface area contributed by atoms with E-state index in [2.05, 4.69) is 12.2 Å². The van der Waals surface area contributed by atoms with Crippen LogP contribution >= 0.6 is 0 Å². The van der Waals surface area contributed by atoms with Crippen LogP contribution < -0.4 is 5.32 Å². The maximum Gasteiger partial charge on any atom is 0.00721 e. The fourth-order valence-electron chi connectivity index (χ4n) is 3.19. The first-order valence-corrected chi connectivity index (χ1v) is 6.60. The molecule has 0 unspecified atom stereocenters. The van der Waals surface area contributed by atoms with E-state index in [0.717, 1.165) is 18.0 Å². The Labute approximate surface area is 88.7 Å². The van der Waals surface area contributed by atoms with Gasteiger partial charge in [0.05, 0.1) is 0 Å². The first-order chi connectivity index (χ1) is 6.84. The van der Waals surface area contributed by atoms with Gasteiger partial charge in [0.2, 0.25) is 0 Å². The van der Waals surface area contributed by atoms with Gasteiger partial charge in [0, 0.05) is 12.1 Å². The smallest absolute Gasteiger partial charge is 0.00721 e. The van der Waals surface area contributed by atoms with Crippen molar-refractivity contribution in [2.45, 2.75) is 76.8 Å². The van der Waals surface area contributed by atoms with Gasteiger partial charge in [-0.1, -0.05) is 39.0 Å². The molecule has 0 saturated heterocycles. The Balaban J connectivity index is 1.72. The molecule has 1 N–H and O–H groups in total. The summed E-state index contributed by atoms with van der Waals surface area (Å²) in [6.45, 7) is 2.41. The van der Waals surface area contributed by atoms with Gasteiger partial charge in [-0.2, -0.15) is 0 Å². The Bertz CT molecular complexity index is 161. The van der Waals surface area contributed by atoms with Crippen LogP contribution in [-0.4, -0.2) is 12.1 Å². The third-order valence-corrected chi connectivity index (χ3v) is 4.01. The lowest BCUT2D eigenvalue weighted by Gasteiger charge is -2.33. The molecule has 0 amide bonds. The van der Waals surface area contributed by atoms with Gasteiger partial charge in [0.25, 0.3) is 0 Å². The van der Waals surface area contributed by atoms with Crippen molar-refractivity contribution in [3.63, 3.8) is 0 Å². The van der Waals surface area contributed by atoms with Gasteiger partial charge < -0.3 is 5.32 Å². The highest BCUT2D eigenvalue weighted by Gasteiger charge is 2.22. The average Bonchev–Trinajstić information content (AvgIpc) is 2.19. The molecule has 0 aromatic rings. The van der Waals surface area contributed by atoms with Gasteiger partial charge in [0.15, 0.2) is 0 Å². The minimum atomic E-state index is 0.849. The van der Waals surface area contributed by atoms with Crippen molar-refractivity contribution in [2.24, 2.45) is 5.92 Å². The molecule has 0 radical (unpaired) electrons. The molecule has 82 valence electrons. The van der Waals surface area contributed by atoms with Crippen LogP contribution in [-0.2, 0) is 0 Å². The molecule has 0 aliphatic heterocycles. The van der Waals surface area contributed by atoms with E-state index in [-0.39, 0.29) is 0 Å². The lowest BCUT2D eigenvalue weighted by atomic mass is 9.85. The molecule has 0 spiro atoms. The molecule has 2 fully saturated rings. The predicted molar refractivity (Wildman–Crippen MR) is 61.4 cm³/mol. The van der Waals surface area contributed by atoms with E-state index in [1.54, 1.807) is 0 Å². The fraction of sp³-hybridized carbons (Fsp3) is 1.00. The van der Waals surface area contributed by atoms with Gasteiger partial charge in [-0.15, -0.1) is 0 Å². The van der Waals surface area contributed by atoms with E-state index in [1.807, 2.05) is 0 Å². The molecule has 0 bridgehead atoms. The lowest BCUT2D eigenvalue weighted by molar-refractivity contribution is 0.255. The summed E-state index contributed by atoms with van der Waals surface area (Å²) < 4.78 is 0. The van der Waals surface area contributed by atoms with Crippen molar-refractivity contribution in [1.82, 2.24) is 5.32 Å². The van der Waals surface area contributed by atoms with Gasteiger partial charge in [-0.05, 0) is 31.6 Å². The highest BCUT2D eigenvalue weighted by atomic mass is 15.0. The van der Waals surface area contributed by atoms with Crippen molar-refractivity contribution >= 4 is 0 Å². The van der Waals surface area contributed by atoms with Crippen LogP contribution in [0.2, 0.25) is 0 Å². The fourth-order valence-corrected chi connectivity index (χ4v) is 3.19. The van der Waals surface area contributed by atoms with E-state index in [9.17, 15) is 0 Å². The summed E-state index contributed by atoms with van der Waals surface area (Å²) in [4.78, 5) is 0. The number of nitrogens with one attached hydrogen (secondary N) is 1. The van der Waals surface area contributed by atoms with Crippen LogP contribution in [0.15, 0.2) is 0 Å². The molecule has 0 aromatic heterocycles. The quantitative estimate of drug-likeness (QED) is 0.711. The summed E-state index contributed by atoms with van der Waals surface area (Å²) in [5, 5.41) is 3.89. The highest BCUT2D eigenvalue weighted by Crippen LogP contribution is 2.26. The van der Waals surface area contributed by atoms with Gasteiger partial charge in [-0.25, -0.2) is 0 Å². The second-order valence-electron chi connectivity index (χ2n) is 5.47. The molecule has 2 aliphatic carbocycles. The third-order valence-electron chi connectivity index (χ3n) is 4.01. The summed E-state index contributed by atoms with van der Waals surface area (Å²) in [6.07, 6.45) is 13.0. The monoisotopic (exact) mass is 195 g/mol. The largest absolute Gasteiger partial charge is 0.311 e. The average molecular weight is 195 g/mol. The van der Waals surface area contributed by atoms with Crippen LogP contribution in [0.3, 0.4) is 0 Å². The molecule has 14 heavy (non-hydrogen) atoms. The van der Waals surface area contributed by atoms with Crippen LogP contribution in [0.4, 0.5) is 0 Å². The summed E-state index contributed by atoms with van der Waals surface area (Å²) >= 11 is 0. The number of hydrogen-bond acceptors (Lipinski definition) is 1. The minimum absolute atomic E-state index is 0.849. The molecule has 2 atom stereocenters. The topological polar surface area (TPSA) is 12.0 Å². The van der Waals surface area contributed by atoms with Crippen LogP contribution in [0, 0.1) is 5.92 Å². The zero-order chi connectivity index (χ0) is 9.80. The summed E-state index contributed by atoms with van der Waals surface area (Å²) in [5.74, 6) is 0.963. The molecule has 2 saturated carbocycles. The SMILES string of the molecule is C[C@H]1CCC[C@H](NC2CCCCC2)C1. The van der Waals surface area contributed by atoms with Crippen LogP contribution in [0.25, 0.3) is 0 Å². The zero-order valence-corrected chi connectivity index (χ0v) is 9.60. The molecule has 2 rings (SSSR count). The second-order valence-corrected chi connectivity index (χ2v) is 5.47. The maximum absolute atomic E-state index is 3.89. The molecule has 2 aliphatic rings. The van der Waals surface area contributed by atoms with Crippen molar-refractivity contribution in [3.8, 4) is 0 Å². The Morgan fingerprint density at radius 1 is 0.786 bits per heavy atom. The molecular formula is C13H25N. The Morgan fingerprint density at radius 2 is 1.50 bits per heavy atom. The zero-order valence-electron chi connectivity index (χ0n) is 9.60. The Kier molecular flexibility index (Phi) is 3.86. The van der Waals surface area contributed by atoms with Crippen molar-refractivity contribution in [1.29, 1.82) is 0 Å². The molecular weight excluding hydrogens is 170 g/mol. The molecule has 0 heterocycles. The summed E-state index contributed by atoms with van der Waals surface area (Å²) in [6, 6.07) is 1.71. The van der Waals surface area contributed by atoms with Gasteiger partial charge in [-0.3, -0.25) is 0 Å². The van der Waals surface area contributed by atoms with Crippen LogP contribution in [0.5, 0.6) is 0 Å². The number of rotatable bonds is 2. The van der Waals surface area contributed by atoms with Gasteiger partial charge >= 0.3 is 0 Å². The standard InChI is InChI=1S/C13H25N/c1-11-6-5-9-13(10-11)14-12-7-3-2-4-8-12/h11-14H,2-10H2,1H3/t11-,13-/m0/s1. The third kappa shape index (κ3) is 2.98. The highest BCUT2D eigenvalue weighted by molar-refractivity contribution is 4.81. The van der Waals surface area contributed by atoms with Crippen molar-refractivity contribution < 1.29 is 0 Å². The molecule has 1 heteroatoms. The van der Waals surface area contributed by atoms with Crippen molar-refractivity contribution in [2.75, 3.05) is 0 Å². The van der Waals surface area contributed by atoms with E-state index < -0.39 is 0 Å². The van der Waals surface area contributed by atoms with Gasteiger partial charge in [0.1, 0.15) is 0 Å². The van der Waals surface area contributed by atoms with E-state index >= 15 is 0 Å². The molecule has 1 nitrogen and oxygen atoms in total. The second kappa shape index (κ2) is 5.16.